The molecule has 1 heterocycles. The van der Waals surface area contributed by atoms with Gasteiger partial charge in [-0.1, -0.05) is 53.7 Å². The molecular formula is C27H24ClN3O4S. The second-order valence-electron chi connectivity index (χ2n) is 7.94. The van der Waals surface area contributed by atoms with E-state index in [1.165, 1.54) is 11.8 Å². The van der Waals surface area contributed by atoms with E-state index >= 15 is 0 Å². The number of benzene rings is 3. The van der Waals surface area contributed by atoms with Gasteiger partial charge in [0.05, 0.1) is 24.4 Å². The van der Waals surface area contributed by atoms with E-state index in [1.807, 2.05) is 30.3 Å². The fraction of sp³-hybridized carbons (Fsp3) is 0.185. The van der Waals surface area contributed by atoms with E-state index < -0.39 is 11.2 Å². The van der Waals surface area contributed by atoms with Gasteiger partial charge in [-0.25, -0.2) is 9.79 Å². The Morgan fingerprint density at radius 1 is 1.03 bits per heavy atom. The van der Waals surface area contributed by atoms with Crippen LogP contribution in [0.3, 0.4) is 0 Å². The number of halogens is 1. The maximum atomic E-state index is 13.3. The molecule has 1 N–H and O–H groups in total. The number of nitrogens with one attached hydrogen (secondary N) is 1. The summed E-state index contributed by atoms with van der Waals surface area (Å²) in [6.07, 6.45) is -0.00175. The predicted octanol–water partition coefficient (Wildman–Crippen LogP) is 5.68. The van der Waals surface area contributed by atoms with Crippen molar-refractivity contribution in [1.29, 1.82) is 0 Å². The first kappa shape index (κ1) is 25.5. The second-order valence-corrected chi connectivity index (χ2v) is 9.54. The number of anilines is 1. The lowest BCUT2D eigenvalue weighted by Gasteiger charge is -2.16. The van der Waals surface area contributed by atoms with Crippen LogP contribution in [0.5, 0.6) is 0 Å². The maximum absolute atomic E-state index is 13.3. The highest BCUT2D eigenvalue weighted by atomic mass is 35.5. The van der Waals surface area contributed by atoms with Crippen molar-refractivity contribution in [3.8, 4) is 0 Å². The lowest BCUT2D eigenvalue weighted by molar-refractivity contribution is -0.128. The highest BCUT2D eigenvalue weighted by Crippen LogP contribution is 2.33. The quantitative estimate of drug-likeness (QED) is 0.385. The summed E-state index contributed by atoms with van der Waals surface area (Å²) in [7, 11) is 0. The number of esters is 1. The van der Waals surface area contributed by atoms with E-state index in [9.17, 15) is 14.4 Å². The fourth-order valence-electron chi connectivity index (χ4n) is 3.55. The average Bonchev–Trinajstić information content (AvgIpc) is 3.15. The van der Waals surface area contributed by atoms with Gasteiger partial charge in [0.2, 0.25) is 11.8 Å². The number of carbonyl (C=O) groups excluding carboxylic acids is 3. The Bertz CT molecular complexity index is 1260. The summed E-state index contributed by atoms with van der Waals surface area (Å²) in [5.41, 5.74) is 2.57. The number of rotatable bonds is 8. The number of amidine groups is 1. The molecule has 1 aliphatic rings. The molecule has 0 spiro atoms. The van der Waals surface area contributed by atoms with Crippen molar-refractivity contribution in [2.75, 3.05) is 11.9 Å². The third-order valence-corrected chi connectivity index (χ3v) is 6.73. The van der Waals surface area contributed by atoms with Crippen LogP contribution in [-0.4, -0.2) is 39.7 Å². The molecule has 4 rings (SSSR count). The van der Waals surface area contributed by atoms with Gasteiger partial charge >= 0.3 is 5.97 Å². The maximum Gasteiger partial charge on any atom is 0.338 e. The van der Waals surface area contributed by atoms with Crippen LogP contribution in [0.4, 0.5) is 11.4 Å². The van der Waals surface area contributed by atoms with Crippen LogP contribution in [0.2, 0.25) is 5.02 Å². The summed E-state index contributed by atoms with van der Waals surface area (Å²) in [4.78, 5) is 44.2. The van der Waals surface area contributed by atoms with Crippen molar-refractivity contribution in [2.24, 2.45) is 4.99 Å². The molecule has 0 aliphatic carbocycles. The highest BCUT2D eigenvalue weighted by molar-refractivity contribution is 8.15. The number of amides is 2. The molecule has 0 radical (unpaired) electrons. The van der Waals surface area contributed by atoms with Crippen LogP contribution in [0.25, 0.3) is 0 Å². The Morgan fingerprint density at radius 3 is 2.39 bits per heavy atom. The van der Waals surface area contributed by atoms with E-state index in [0.717, 1.165) is 5.56 Å². The molecule has 1 saturated heterocycles. The summed E-state index contributed by atoms with van der Waals surface area (Å²) in [6, 6.07) is 23.1. The van der Waals surface area contributed by atoms with Gasteiger partial charge in [0.1, 0.15) is 5.25 Å². The van der Waals surface area contributed by atoms with Gasteiger partial charge in [0.15, 0.2) is 5.17 Å². The molecular weight excluding hydrogens is 498 g/mol. The summed E-state index contributed by atoms with van der Waals surface area (Å²) >= 11 is 7.16. The van der Waals surface area contributed by atoms with Gasteiger partial charge in [0.25, 0.3) is 0 Å². The zero-order valence-electron chi connectivity index (χ0n) is 19.5. The summed E-state index contributed by atoms with van der Waals surface area (Å²) in [5.74, 6) is -0.862. The summed E-state index contributed by atoms with van der Waals surface area (Å²) in [6.45, 7) is 2.38. The van der Waals surface area contributed by atoms with Crippen molar-refractivity contribution in [2.45, 2.75) is 25.1 Å². The van der Waals surface area contributed by atoms with Crippen LogP contribution in [0.1, 0.15) is 29.3 Å². The Hall–Kier alpha value is -3.62. The van der Waals surface area contributed by atoms with Crippen LogP contribution in [0, 0.1) is 0 Å². The van der Waals surface area contributed by atoms with Crippen molar-refractivity contribution < 1.29 is 19.1 Å². The molecule has 2 amide bonds. The number of ether oxygens (including phenoxy) is 1. The Morgan fingerprint density at radius 2 is 1.72 bits per heavy atom. The summed E-state index contributed by atoms with van der Waals surface area (Å²) in [5, 5.41) is 3.26. The van der Waals surface area contributed by atoms with Gasteiger partial charge in [-0.2, -0.15) is 0 Å². The zero-order valence-corrected chi connectivity index (χ0v) is 21.1. The number of hydrogen-bond donors (Lipinski definition) is 1. The van der Waals surface area contributed by atoms with Crippen molar-refractivity contribution in [3.05, 3.63) is 95.0 Å². The number of thioether (sulfide) groups is 1. The SMILES string of the molecule is CCOC(=O)c1ccc(N=C2S[C@H](CC(=O)Nc3ccc(Cl)cc3)C(=O)N2Cc2ccccc2)cc1. The molecule has 1 atom stereocenters. The molecule has 0 saturated carbocycles. The average molecular weight is 522 g/mol. The molecule has 3 aromatic rings. The van der Waals surface area contributed by atoms with Gasteiger partial charge in [-0.15, -0.1) is 0 Å². The molecule has 3 aromatic carbocycles. The van der Waals surface area contributed by atoms with Gasteiger partial charge < -0.3 is 10.1 Å². The monoisotopic (exact) mass is 521 g/mol. The summed E-state index contributed by atoms with van der Waals surface area (Å²) < 4.78 is 5.02. The Balaban J connectivity index is 1.53. The fourth-order valence-corrected chi connectivity index (χ4v) is 4.83. The third kappa shape index (κ3) is 6.53. The highest BCUT2D eigenvalue weighted by Gasteiger charge is 2.39. The zero-order chi connectivity index (χ0) is 25.5. The Kier molecular flexibility index (Phi) is 8.40. The lowest BCUT2D eigenvalue weighted by Crippen LogP contribution is -2.33. The minimum atomic E-state index is -0.612. The molecule has 9 heteroatoms. The normalized spacial score (nSPS) is 16.3. The van der Waals surface area contributed by atoms with E-state index in [4.69, 9.17) is 16.3 Å². The number of hydrogen-bond acceptors (Lipinski definition) is 6. The van der Waals surface area contributed by atoms with E-state index in [0.29, 0.717) is 40.3 Å². The number of nitrogens with zero attached hydrogens (tertiary/aromatic N) is 2. The number of carbonyl (C=O) groups is 3. The van der Waals surface area contributed by atoms with Gasteiger partial charge in [0, 0.05) is 17.1 Å². The first-order valence-electron chi connectivity index (χ1n) is 11.4. The standard InChI is InChI=1S/C27H24ClN3O4S/c1-2-35-26(34)19-8-12-22(13-9-19)30-27-31(17-18-6-4-3-5-7-18)25(33)23(36-27)16-24(32)29-21-14-10-20(28)11-15-21/h3-15,23H,2,16-17H2,1H3,(H,29,32)/t23-/m1/s1. The first-order valence-corrected chi connectivity index (χ1v) is 12.6. The molecule has 1 fully saturated rings. The Labute approximate surface area is 218 Å². The van der Waals surface area contributed by atoms with Gasteiger partial charge in [-0.3, -0.25) is 14.5 Å². The van der Waals surface area contributed by atoms with Crippen LogP contribution >= 0.6 is 23.4 Å². The van der Waals surface area contributed by atoms with Crippen LogP contribution < -0.4 is 5.32 Å². The van der Waals surface area contributed by atoms with Crippen LogP contribution in [-0.2, 0) is 20.9 Å². The molecule has 0 bridgehead atoms. The third-order valence-electron chi connectivity index (χ3n) is 5.31. The van der Waals surface area contributed by atoms with Gasteiger partial charge in [-0.05, 0) is 61.0 Å². The molecule has 184 valence electrons. The van der Waals surface area contributed by atoms with Crippen LogP contribution in [0.15, 0.2) is 83.9 Å². The molecule has 0 aromatic heterocycles. The molecule has 36 heavy (non-hydrogen) atoms. The smallest absolute Gasteiger partial charge is 0.338 e. The second kappa shape index (κ2) is 11.9. The molecule has 0 unspecified atom stereocenters. The van der Waals surface area contributed by atoms with Crippen molar-refractivity contribution >= 4 is 57.7 Å². The minimum Gasteiger partial charge on any atom is -0.462 e. The van der Waals surface area contributed by atoms with E-state index in [1.54, 1.807) is 60.4 Å². The van der Waals surface area contributed by atoms with E-state index in [-0.39, 0.29) is 18.2 Å². The van der Waals surface area contributed by atoms with E-state index in [2.05, 4.69) is 10.3 Å². The topological polar surface area (TPSA) is 88.1 Å². The molecule has 1 aliphatic heterocycles. The molecule has 7 nitrogen and oxygen atoms in total. The predicted molar refractivity (Wildman–Crippen MR) is 143 cm³/mol. The van der Waals surface area contributed by atoms with Crippen molar-refractivity contribution in [1.82, 2.24) is 4.90 Å². The van der Waals surface area contributed by atoms with Crippen molar-refractivity contribution in [3.63, 3.8) is 0 Å². The lowest BCUT2D eigenvalue weighted by atomic mass is 10.2. The number of aliphatic imine (C=N–C) groups is 1. The first-order chi connectivity index (χ1) is 17.4. The minimum absolute atomic E-state index is 0.00175. The largest absolute Gasteiger partial charge is 0.462 e.